The third kappa shape index (κ3) is 4.84. The zero-order chi connectivity index (χ0) is 19.4. The molecule has 8 nitrogen and oxygen atoms in total. The molecule has 3 rings (SSSR count). The van der Waals surface area contributed by atoms with Crippen LogP contribution in [0.2, 0.25) is 0 Å². The summed E-state index contributed by atoms with van der Waals surface area (Å²) >= 11 is 0. The summed E-state index contributed by atoms with van der Waals surface area (Å²) in [5.41, 5.74) is 6.80. The van der Waals surface area contributed by atoms with Crippen molar-refractivity contribution in [3.63, 3.8) is 0 Å². The van der Waals surface area contributed by atoms with Crippen LogP contribution >= 0.6 is 0 Å². The number of primary amides is 1. The van der Waals surface area contributed by atoms with Crippen LogP contribution in [0.4, 0.5) is 11.4 Å². The van der Waals surface area contributed by atoms with Crippen LogP contribution in [0.5, 0.6) is 0 Å². The molecular formula is C19H26N4O4. The fourth-order valence-electron chi connectivity index (χ4n) is 3.25. The molecule has 1 saturated carbocycles. The summed E-state index contributed by atoms with van der Waals surface area (Å²) in [5.74, 6) is -0.624. The average molecular weight is 374 g/mol. The van der Waals surface area contributed by atoms with E-state index in [1.165, 1.54) is 0 Å². The Kier molecular flexibility index (Phi) is 6.08. The number of likely N-dealkylation sites (N-methyl/N-ethyl adjacent to an activating group) is 1. The number of carbonyl (C=O) groups is 3. The van der Waals surface area contributed by atoms with E-state index < -0.39 is 17.9 Å². The molecule has 0 spiro atoms. The van der Waals surface area contributed by atoms with E-state index in [-0.39, 0.29) is 12.5 Å². The van der Waals surface area contributed by atoms with E-state index in [0.717, 1.165) is 18.5 Å². The van der Waals surface area contributed by atoms with Gasteiger partial charge < -0.3 is 20.7 Å². The number of benzene rings is 1. The van der Waals surface area contributed by atoms with Crippen LogP contribution in [0.3, 0.4) is 0 Å². The van der Waals surface area contributed by atoms with E-state index in [4.69, 9.17) is 10.5 Å². The van der Waals surface area contributed by atoms with Gasteiger partial charge in [-0.1, -0.05) is 6.92 Å². The van der Waals surface area contributed by atoms with Crippen molar-refractivity contribution in [3.05, 3.63) is 24.3 Å². The lowest BCUT2D eigenvalue weighted by atomic mass is 10.1. The fourth-order valence-corrected chi connectivity index (χ4v) is 3.25. The smallest absolute Gasteiger partial charge is 0.253 e. The van der Waals surface area contributed by atoms with Crippen molar-refractivity contribution < 1.29 is 19.1 Å². The highest BCUT2D eigenvalue weighted by atomic mass is 16.5. The van der Waals surface area contributed by atoms with Gasteiger partial charge in [-0.2, -0.15) is 0 Å². The Hall–Kier alpha value is -2.45. The summed E-state index contributed by atoms with van der Waals surface area (Å²) < 4.78 is 5.13. The maximum absolute atomic E-state index is 12.7. The first-order chi connectivity index (χ1) is 13.0. The summed E-state index contributed by atoms with van der Waals surface area (Å²) in [5, 5.41) is 2.76. The number of morpholine rings is 1. The van der Waals surface area contributed by atoms with Gasteiger partial charge in [-0.05, 0) is 49.6 Å². The number of hydrogen-bond donors (Lipinski definition) is 2. The second-order valence-corrected chi connectivity index (χ2v) is 6.97. The van der Waals surface area contributed by atoms with Crippen molar-refractivity contribution in [1.82, 2.24) is 4.90 Å². The number of nitrogens with zero attached hydrogens (tertiary/aromatic N) is 2. The van der Waals surface area contributed by atoms with Crippen LogP contribution in [0, 0.1) is 5.92 Å². The number of nitrogens with one attached hydrogen (secondary N) is 1. The molecule has 1 aromatic rings. The summed E-state index contributed by atoms with van der Waals surface area (Å²) in [7, 11) is 0. The number of carbonyl (C=O) groups excluding carboxylic acids is 3. The highest BCUT2D eigenvalue weighted by Crippen LogP contribution is 2.30. The van der Waals surface area contributed by atoms with E-state index >= 15 is 0 Å². The second kappa shape index (κ2) is 8.49. The largest absolute Gasteiger partial charge is 0.370 e. The standard InChI is InChI=1S/C19H26N4O4/c1-2-22(11-13-3-4-13)17(18(20)25)19(26)21-14-5-7-15(8-6-14)23-9-10-27-12-16(23)24/h5-8,13,17H,2-4,9-12H2,1H3,(H2,20,25)(H,21,26)/t17-/m1/s1. The third-order valence-corrected chi connectivity index (χ3v) is 4.91. The van der Waals surface area contributed by atoms with Gasteiger partial charge in [0.2, 0.25) is 5.91 Å². The minimum absolute atomic E-state index is 0.0760. The average Bonchev–Trinajstić information content (AvgIpc) is 3.46. The molecule has 3 N–H and O–H groups in total. The molecule has 1 atom stereocenters. The molecule has 3 amide bonds. The first kappa shape index (κ1) is 19.3. The summed E-state index contributed by atoms with van der Waals surface area (Å²) in [6.07, 6.45) is 2.26. The van der Waals surface area contributed by atoms with Gasteiger partial charge in [0.05, 0.1) is 6.61 Å². The summed E-state index contributed by atoms with van der Waals surface area (Å²) in [6, 6.07) is 5.96. The molecule has 8 heteroatoms. The summed E-state index contributed by atoms with van der Waals surface area (Å²) in [4.78, 5) is 39.9. The van der Waals surface area contributed by atoms with Crippen molar-refractivity contribution in [2.75, 3.05) is 43.1 Å². The first-order valence-corrected chi connectivity index (χ1v) is 9.32. The molecular weight excluding hydrogens is 348 g/mol. The number of amides is 3. The highest BCUT2D eigenvalue weighted by molar-refractivity contribution is 6.09. The van der Waals surface area contributed by atoms with Gasteiger partial charge in [-0.3, -0.25) is 19.3 Å². The van der Waals surface area contributed by atoms with Crippen LogP contribution in [0.1, 0.15) is 19.8 Å². The van der Waals surface area contributed by atoms with E-state index in [2.05, 4.69) is 5.32 Å². The molecule has 1 heterocycles. The molecule has 1 aliphatic heterocycles. The minimum Gasteiger partial charge on any atom is -0.370 e. The van der Waals surface area contributed by atoms with Gasteiger partial charge in [0.25, 0.3) is 11.8 Å². The van der Waals surface area contributed by atoms with Gasteiger partial charge in [0.1, 0.15) is 6.61 Å². The van der Waals surface area contributed by atoms with Gasteiger partial charge in [-0.15, -0.1) is 0 Å². The second-order valence-electron chi connectivity index (χ2n) is 6.97. The van der Waals surface area contributed by atoms with E-state index in [1.54, 1.807) is 29.2 Å². The van der Waals surface area contributed by atoms with Crippen LogP contribution in [-0.4, -0.2) is 61.5 Å². The number of ether oxygens (including phenoxy) is 1. The maximum Gasteiger partial charge on any atom is 0.253 e. The van der Waals surface area contributed by atoms with Crippen molar-refractivity contribution in [1.29, 1.82) is 0 Å². The summed E-state index contributed by atoms with van der Waals surface area (Å²) in [6.45, 7) is 4.27. The zero-order valence-corrected chi connectivity index (χ0v) is 15.5. The molecule has 1 saturated heterocycles. The molecule has 146 valence electrons. The molecule has 0 aromatic heterocycles. The Balaban J connectivity index is 1.66. The Morgan fingerprint density at radius 2 is 2.04 bits per heavy atom. The number of rotatable bonds is 8. The predicted molar refractivity (Wildman–Crippen MR) is 101 cm³/mol. The lowest BCUT2D eigenvalue weighted by Crippen LogP contribution is -2.52. The van der Waals surface area contributed by atoms with Crippen molar-refractivity contribution >= 4 is 29.1 Å². The van der Waals surface area contributed by atoms with Crippen molar-refractivity contribution in [2.45, 2.75) is 25.8 Å². The zero-order valence-electron chi connectivity index (χ0n) is 15.5. The van der Waals surface area contributed by atoms with E-state index in [9.17, 15) is 14.4 Å². The van der Waals surface area contributed by atoms with Gasteiger partial charge in [-0.25, -0.2) is 0 Å². The third-order valence-electron chi connectivity index (χ3n) is 4.91. The minimum atomic E-state index is -0.990. The van der Waals surface area contributed by atoms with Crippen LogP contribution in [0.25, 0.3) is 0 Å². The quantitative estimate of drug-likeness (QED) is 0.648. The molecule has 2 fully saturated rings. The van der Waals surface area contributed by atoms with Gasteiger partial charge in [0.15, 0.2) is 6.04 Å². The molecule has 1 aromatic carbocycles. The number of nitrogens with two attached hydrogens (primary N) is 1. The lowest BCUT2D eigenvalue weighted by Gasteiger charge is -2.28. The van der Waals surface area contributed by atoms with Crippen LogP contribution in [0.15, 0.2) is 24.3 Å². The first-order valence-electron chi connectivity index (χ1n) is 9.32. The monoisotopic (exact) mass is 374 g/mol. The number of anilines is 2. The normalized spacial score (nSPS) is 18.4. The highest BCUT2D eigenvalue weighted by Gasteiger charge is 2.34. The van der Waals surface area contributed by atoms with E-state index in [1.807, 2.05) is 11.8 Å². The fraction of sp³-hybridized carbons (Fsp3) is 0.526. The SMILES string of the molecule is CCN(CC1CC1)[C@H](C(N)=O)C(=O)Nc1ccc(N2CCOCC2=O)cc1. The lowest BCUT2D eigenvalue weighted by molar-refractivity contribution is -0.132. The maximum atomic E-state index is 12.7. The van der Waals surface area contributed by atoms with Crippen molar-refractivity contribution in [3.8, 4) is 0 Å². The molecule has 0 unspecified atom stereocenters. The van der Waals surface area contributed by atoms with E-state index in [0.29, 0.717) is 37.8 Å². The molecule has 0 bridgehead atoms. The topological polar surface area (TPSA) is 105 Å². The van der Waals surface area contributed by atoms with Gasteiger partial charge >= 0.3 is 0 Å². The Morgan fingerprint density at radius 3 is 2.59 bits per heavy atom. The number of hydrogen-bond acceptors (Lipinski definition) is 5. The molecule has 0 radical (unpaired) electrons. The molecule has 27 heavy (non-hydrogen) atoms. The van der Waals surface area contributed by atoms with Crippen molar-refractivity contribution in [2.24, 2.45) is 11.7 Å². The predicted octanol–water partition coefficient (Wildman–Crippen LogP) is 0.574. The van der Waals surface area contributed by atoms with Crippen LogP contribution in [-0.2, 0) is 19.1 Å². The Labute approximate surface area is 158 Å². The Morgan fingerprint density at radius 1 is 1.33 bits per heavy atom. The van der Waals surface area contributed by atoms with Gasteiger partial charge in [0, 0.05) is 24.5 Å². The molecule has 2 aliphatic rings. The Bertz CT molecular complexity index is 702. The van der Waals surface area contributed by atoms with Crippen LogP contribution < -0.4 is 16.0 Å². The molecule has 1 aliphatic carbocycles.